The molecule has 0 spiro atoms. The Kier molecular flexibility index (Phi) is 9.91. The maximum absolute atomic E-state index is 12.6. The van der Waals surface area contributed by atoms with Crippen LogP contribution in [0.4, 0.5) is 0 Å². The first-order valence-corrected chi connectivity index (χ1v) is 11.3. The predicted octanol–water partition coefficient (Wildman–Crippen LogP) is 1.90. The summed E-state index contributed by atoms with van der Waals surface area (Å²) in [6.07, 6.45) is 0. The zero-order valence-electron chi connectivity index (χ0n) is 18.3. The Bertz CT molecular complexity index is 916. The Labute approximate surface area is 209 Å². The molecule has 1 aliphatic heterocycles. The third kappa shape index (κ3) is 7.17. The number of aliphatic imine (C=N–C) groups is 1. The van der Waals surface area contributed by atoms with Crippen molar-refractivity contribution < 1.29 is 14.7 Å². The molecule has 1 aromatic heterocycles. The van der Waals surface area contributed by atoms with Gasteiger partial charge in [-0.05, 0) is 53.9 Å². The molecule has 0 bridgehead atoms. The lowest BCUT2D eigenvalue weighted by Gasteiger charge is -2.26. The maximum Gasteiger partial charge on any atom is 0.254 e. The molecule has 174 valence electrons. The van der Waals surface area contributed by atoms with Gasteiger partial charge in [0, 0.05) is 25.2 Å². The molecular formula is C22H30IN5O3S. The number of hydrogen-bond donors (Lipinski definition) is 4. The van der Waals surface area contributed by atoms with Gasteiger partial charge >= 0.3 is 0 Å². The lowest BCUT2D eigenvalue weighted by molar-refractivity contribution is -0.123. The van der Waals surface area contributed by atoms with Crippen molar-refractivity contribution in [3.05, 3.63) is 57.8 Å². The Morgan fingerprint density at radius 2 is 2.03 bits per heavy atom. The molecule has 2 aromatic rings. The third-order valence-electron chi connectivity index (χ3n) is 5.03. The van der Waals surface area contributed by atoms with Crippen LogP contribution in [0.1, 0.15) is 35.3 Å². The Balaban J connectivity index is 0.00000363. The van der Waals surface area contributed by atoms with Gasteiger partial charge in [0.15, 0.2) is 5.96 Å². The van der Waals surface area contributed by atoms with Gasteiger partial charge in [-0.25, -0.2) is 4.99 Å². The maximum atomic E-state index is 12.6. The minimum atomic E-state index is -0.996. The van der Waals surface area contributed by atoms with E-state index in [0.717, 1.165) is 11.1 Å². The van der Waals surface area contributed by atoms with Gasteiger partial charge in [-0.2, -0.15) is 11.3 Å². The second-order valence-corrected chi connectivity index (χ2v) is 8.39. The number of aliphatic hydroxyl groups is 1. The van der Waals surface area contributed by atoms with Crippen LogP contribution in [0.2, 0.25) is 0 Å². The monoisotopic (exact) mass is 571 g/mol. The summed E-state index contributed by atoms with van der Waals surface area (Å²) >= 11 is 1.55. The molecular weight excluding hydrogens is 541 g/mol. The summed E-state index contributed by atoms with van der Waals surface area (Å²) in [6.45, 7) is 6.30. The van der Waals surface area contributed by atoms with Crippen molar-refractivity contribution in [1.82, 2.24) is 20.9 Å². The summed E-state index contributed by atoms with van der Waals surface area (Å²) in [5.74, 6) is 0.333. The normalized spacial score (nSPS) is 15.9. The number of guanidine groups is 1. The van der Waals surface area contributed by atoms with Crippen LogP contribution in [0.3, 0.4) is 0 Å². The molecule has 1 atom stereocenters. The molecule has 1 unspecified atom stereocenters. The first-order valence-electron chi connectivity index (χ1n) is 10.3. The van der Waals surface area contributed by atoms with Gasteiger partial charge in [0.1, 0.15) is 5.60 Å². The predicted molar refractivity (Wildman–Crippen MR) is 137 cm³/mol. The quantitative estimate of drug-likeness (QED) is 0.231. The van der Waals surface area contributed by atoms with Crippen LogP contribution >= 0.6 is 35.3 Å². The highest BCUT2D eigenvalue weighted by Crippen LogP contribution is 2.22. The summed E-state index contributed by atoms with van der Waals surface area (Å²) < 4.78 is 0. The molecule has 0 saturated carbocycles. The number of hydrogen-bond acceptors (Lipinski definition) is 5. The minimum absolute atomic E-state index is 0. The first kappa shape index (κ1) is 26.1. The zero-order chi connectivity index (χ0) is 22.3. The van der Waals surface area contributed by atoms with E-state index in [2.05, 4.69) is 20.9 Å². The standard InChI is InChI=1S/C22H29N5O3S.HI/c1-3-23-21(26-15-22(2,30)18-8-11-31-14-18)25-12-16-4-6-17(7-5-16)20(29)27-10-9-24-19(28)13-27;/h4-8,11,14,30H,3,9-10,12-13,15H2,1-2H3,(H,24,28)(H2,23,25,26);1H. The second-order valence-electron chi connectivity index (χ2n) is 7.61. The minimum Gasteiger partial charge on any atom is -0.384 e. The molecule has 32 heavy (non-hydrogen) atoms. The van der Waals surface area contributed by atoms with E-state index in [1.165, 1.54) is 0 Å². The van der Waals surface area contributed by atoms with E-state index >= 15 is 0 Å². The number of rotatable bonds is 7. The molecule has 4 N–H and O–H groups in total. The molecule has 1 saturated heterocycles. The van der Waals surface area contributed by atoms with Crippen LogP contribution in [0, 0.1) is 0 Å². The third-order valence-corrected chi connectivity index (χ3v) is 5.72. The smallest absolute Gasteiger partial charge is 0.254 e. The summed E-state index contributed by atoms with van der Waals surface area (Å²) in [4.78, 5) is 30.2. The Morgan fingerprint density at radius 3 is 2.66 bits per heavy atom. The highest BCUT2D eigenvalue weighted by molar-refractivity contribution is 14.0. The van der Waals surface area contributed by atoms with E-state index < -0.39 is 5.60 Å². The van der Waals surface area contributed by atoms with Crippen molar-refractivity contribution in [2.75, 3.05) is 32.7 Å². The summed E-state index contributed by atoms with van der Waals surface area (Å²) in [7, 11) is 0. The van der Waals surface area contributed by atoms with Gasteiger partial charge in [-0.1, -0.05) is 12.1 Å². The topological polar surface area (TPSA) is 106 Å². The molecule has 1 fully saturated rings. The molecule has 0 aliphatic carbocycles. The Hall–Kier alpha value is -2.18. The van der Waals surface area contributed by atoms with Crippen LogP contribution in [-0.2, 0) is 16.9 Å². The van der Waals surface area contributed by atoms with Gasteiger partial charge in [-0.3, -0.25) is 9.59 Å². The number of thiophene rings is 1. The number of carbonyl (C=O) groups excluding carboxylic acids is 2. The highest BCUT2D eigenvalue weighted by atomic mass is 127. The van der Waals surface area contributed by atoms with E-state index in [9.17, 15) is 14.7 Å². The van der Waals surface area contributed by atoms with Crippen molar-refractivity contribution >= 4 is 53.1 Å². The van der Waals surface area contributed by atoms with Crippen LogP contribution in [-0.4, -0.2) is 60.5 Å². The van der Waals surface area contributed by atoms with Crippen molar-refractivity contribution in [2.24, 2.45) is 4.99 Å². The average molecular weight is 571 g/mol. The fraction of sp³-hybridized carbons (Fsp3) is 0.409. The number of nitrogens with zero attached hydrogens (tertiary/aromatic N) is 2. The Morgan fingerprint density at radius 1 is 1.28 bits per heavy atom. The highest BCUT2D eigenvalue weighted by Gasteiger charge is 2.24. The van der Waals surface area contributed by atoms with E-state index in [1.54, 1.807) is 35.3 Å². The lowest BCUT2D eigenvalue weighted by Crippen LogP contribution is -2.49. The van der Waals surface area contributed by atoms with Gasteiger partial charge < -0.3 is 26.0 Å². The van der Waals surface area contributed by atoms with Gasteiger partial charge in [0.2, 0.25) is 5.91 Å². The van der Waals surface area contributed by atoms with E-state index in [4.69, 9.17) is 0 Å². The summed E-state index contributed by atoms with van der Waals surface area (Å²) in [5.41, 5.74) is 1.38. The molecule has 8 nitrogen and oxygen atoms in total. The number of halogens is 1. The van der Waals surface area contributed by atoms with E-state index in [0.29, 0.717) is 44.2 Å². The number of piperazine rings is 1. The van der Waals surface area contributed by atoms with Crippen LogP contribution in [0.15, 0.2) is 46.1 Å². The zero-order valence-corrected chi connectivity index (χ0v) is 21.4. The summed E-state index contributed by atoms with van der Waals surface area (Å²) in [5, 5.41) is 23.6. The average Bonchev–Trinajstić information content (AvgIpc) is 3.32. The fourth-order valence-corrected chi connectivity index (χ4v) is 3.97. The molecule has 1 aromatic carbocycles. The second kappa shape index (κ2) is 12.2. The van der Waals surface area contributed by atoms with Gasteiger partial charge in [0.25, 0.3) is 5.91 Å². The van der Waals surface area contributed by atoms with Gasteiger partial charge in [-0.15, -0.1) is 24.0 Å². The van der Waals surface area contributed by atoms with Crippen molar-refractivity contribution in [3.8, 4) is 0 Å². The first-order chi connectivity index (χ1) is 14.9. The van der Waals surface area contributed by atoms with Crippen molar-refractivity contribution in [3.63, 3.8) is 0 Å². The molecule has 2 heterocycles. The molecule has 2 amide bonds. The van der Waals surface area contributed by atoms with Gasteiger partial charge in [0.05, 0.1) is 19.6 Å². The summed E-state index contributed by atoms with van der Waals surface area (Å²) in [6, 6.07) is 9.18. The van der Waals surface area contributed by atoms with Crippen LogP contribution in [0.5, 0.6) is 0 Å². The fourth-order valence-electron chi connectivity index (χ4n) is 3.19. The number of amides is 2. The molecule has 0 radical (unpaired) electrons. The molecule has 10 heteroatoms. The molecule has 3 rings (SSSR count). The van der Waals surface area contributed by atoms with Crippen molar-refractivity contribution in [2.45, 2.75) is 26.0 Å². The number of carbonyl (C=O) groups is 2. The van der Waals surface area contributed by atoms with E-state index in [1.807, 2.05) is 35.9 Å². The van der Waals surface area contributed by atoms with Crippen LogP contribution < -0.4 is 16.0 Å². The largest absolute Gasteiger partial charge is 0.384 e. The van der Waals surface area contributed by atoms with Crippen LogP contribution in [0.25, 0.3) is 0 Å². The number of nitrogens with one attached hydrogen (secondary N) is 3. The van der Waals surface area contributed by atoms with E-state index in [-0.39, 0.29) is 42.3 Å². The van der Waals surface area contributed by atoms with Crippen molar-refractivity contribution in [1.29, 1.82) is 0 Å². The SMILES string of the molecule is CCNC(=NCc1ccc(C(=O)N2CCNC(=O)C2)cc1)NCC(C)(O)c1ccsc1.I. The molecule has 1 aliphatic rings. The number of benzene rings is 1. The lowest BCUT2D eigenvalue weighted by atomic mass is 9.99.